The van der Waals surface area contributed by atoms with Crippen molar-refractivity contribution in [3.63, 3.8) is 0 Å². The van der Waals surface area contributed by atoms with Gasteiger partial charge in [-0.1, -0.05) is 30.2 Å². The Morgan fingerprint density at radius 1 is 1.20 bits per heavy atom. The van der Waals surface area contributed by atoms with Crippen molar-refractivity contribution in [2.75, 3.05) is 13.1 Å². The molecule has 2 heteroatoms. The molecule has 3 aliphatic rings. The van der Waals surface area contributed by atoms with Crippen molar-refractivity contribution < 1.29 is 0 Å². The maximum atomic E-state index is 6.36. The summed E-state index contributed by atoms with van der Waals surface area (Å²) in [6, 6.07) is 6.56. The first-order valence-corrected chi connectivity index (χ1v) is 8.66. The van der Waals surface area contributed by atoms with E-state index in [1.165, 1.54) is 63.6 Å². The fourth-order valence-corrected chi connectivity index (χ4v) is 5.03. The molecule has 0 amide bonds. The van der Waals surface area contributed by atoms with E-state index in [1.807, 2.05) is 0 Å². The summed E-state index contributed by atoms with van der Waals surface area (Å²) >= 11 is 6.36. The lowest BCUT2D eigenvalue weighted by Crippen LogP contribution is -2.27. The lowest BCUT2D eigenvalue weighted by Gasteiger charge is -2.23. The Morgan fingerprint density at radius 2 is 2.05 bits per heavy atom. The van der Waals surface area contributed by atoms with Crippen molar-refractivity contribution in [2.45, 2.75) is 50.4 Å². The van der Waals surface area contributed by atoms with Gasteiger partial charge in [-0.15, -0.1) is 0 Å². The molecule has 2 fully saturated rings. The fourth-order valence-electron chi connectivity index (χ4n) is 4.76. The summed E-state index contributed by atoms with van der Waals surface area (Å²) < 4.78 is 0. The van der Waals surface area contributed by atoms with Crippen LogP contribution in [0.3, 0.4) is 0 Å². The number of rotatable bonds is 3. The van der Waals surface area contributed by atoms with E-state index in [0.29, 0.717) is 5.41 Å². The zero-order valence-electron chi connectivity index (χ0n) is 12.1. The first-order valence-electron chi connectivity index (χ1n) is 8.28. The zero-order valence-corrected chi connectivity index (χ0v) is 12.9. The van der Waals surface area contributed by atoms with Crippen LogP contribution in [0.5, 0.6) is 0 Å². The van der Waals surface area contributed by atoms with E-state index in [4.69, 9.17) is 11.6 Å². The van der Waals surface area contributed by atoms with Crippen molar-refractivity contribution in [2.24, 2.45) is 11.8 Å². The van der Waals surface area contributed by atoms with Gasteiger partial charge in [0.15, 0.2) is 0 Å². The highest BCUT2D eigenvalue weighted by atomic mass is 35.5. The van der Waals surface area contributed by atoms with Gasteiger partial charge in [0.2, 0.25) is 0 Å². The van der Waals surface area contributed by atoms with Crippen molar-refractivity contribution in [1.82, 2.24) is 5.32 Å². The van der Waals surface area contributed by atoms with Crippen LogP contribution in [0.1, 0.15) is 49.7 Å². The average Bonchev–Trinajstić information content (AvgIpc) is 3.05. The molecule has 20 heavy (non-hydrogen) atoms. The molecule has 1 aromatic rings. The lowest BCUT2D eigenvalue weighted by molar-refractivity contribution is 0.335. The monoisotopic (exact) mass is 289 g/mol. The van der Waals surface area contributed by atoms with Gasteiger partial charge in [0, 0.05) is 5.02 Å². The first-order chi connectivity index (χ1) is 9.79. The predicted octanol–water partition coefficient (Wildman–Crippen LogP) is 4.32. The summed E-state index contributed by atoms with van der Waals surface area (Å²) in [4.78, 5) is 0. The largest absolute Gasteiger partial charge is 0.317 e. The molecule has 1 spiro atoms. The molecule has 4 rings (SSSR count). The van der Waals surface area contributed by atoms with Gasteiger partial charge in [0.25, 0.3) is 0 Å². The summed E-state index contributed by atoms with van der Waals surface area (Å²) in [6.07, 6.45) is 9.65. The van der Waals surface area contributed by atoms with Gasteiger partial charge < -0.3 is 5.32 Å². The van der Waals surface area contributed by atoms with Gasteiger partial charge in [0.1, 0.15) is 0 Å². The highest BCUT2D eigenvalue weighted by Gasteiger charge is 2.57. The van der Waals surface area contributed by atoms with Crippen LogP contribution in [-0.2, 0) is 11.8 Å². The molecular formula is C18H24ClN. The average molecular weight is 290 g/mol. The van der Waals surface area contributed by atoms with Gasteiger partial charge in [0.05, 0.1) is 0 Å². The van der Waals surface area contributed by atoms with Gasteiger partial charge in [-0.2, -0.15) is 0 Å². The molecule has 2 aliphatic carbocycles. The van der Waals surface area contributed by atoms with Gasteiger partial charge in [-0.05, 0) is 86.1 Å². The summed E-state index contributed by atoms with van der Waals surface area (Å²) in [5.74, 6) is 1.92. The van der Waals surface area contributed by atoms with Gasteiger partial charge in [-0.3, -0.25) is 0 Å². The van der Waals surface area contributed by atoms with Crippen molar-refractivity contribution in [3.8, 4) is 0 Å². The maximum absolute atomic E-state index is 6.36. The minimum atomic E-state index is 0.535. The van der Waals surface area contributed by atoms with Crippen LogP contribution in [-0.4, -0.2) is 13.1 Å². The SMILES string of the molecule is Clc1cccc2c1CCC21CC1CCC1CCNCC1. The van der Waals surface area contributed by atoms with Crippen LogP contribution >= 0.6 is 11.6 Å². The van der Waals surface area contributed by atoms with E-state index >= 15 is 0 Å². The molecule has 0 aromatic heterocycles. The van der Waals surface area contributed by atoms with Crippen molar-refractivity contribution in [1.29, 1.82) is 0 Å². The Bertz CT molecular complexity index is 506. The Kier molecular flexibility index (Phi) is 3.31. The van der Waals surface area contributed by atoms with Gasteiger partial charge >= 0.3 is 0 Å². The lowest BCUT2D eigenvalue weighted by atomic mass is 9.89. The van der Waals surface area contributed by atoms with E-state index in [2.05, 4.69) is 23.5 Å². The number of halogens is 1. The molecule has 108 valence electrons. The van der Waals surface area contributed by atoms with Crippen LogP contribution in [0.4, 0.5) is 0 Å². The molecule has 1 aromatic carbocycles. The fraction of sp³-hybridized carbons (Fsp3) is 0.667. The second kappa shape index (κ2) is 5.03. The summed E-state index contributed by atoms with van der Waals surface area (Å²) in [7, 11) is 0. The summed E-state index contributed by atoms with van der Waals surface area (Å²) in [5, 5.41) is 4.47. The summed E-state index contributed by atoms with van der Waals surface area (Å²) in [5.41, 5.74) is 3.59. The third-order valence-electron chi connectivity index (χ3n) is 6.09. The molecule has 1 N–H and O–H groups in total. The number of hydrogen-bond acceptors (Lipinski definition) is 1. The Hall–Kier alpha value is -0.530. The third-order valence-corrected chi connectivity index (χ3v) is 6.44. The molecule has 1 saturated carbocycles. The van der Waals surface area contributed by atoms with Crippen LogP contribution in [0.2, 0.25) is 5.02 Å². The van der Waals surface area contributed by atoms with E-state index in [0.717, 1.165) is 16.9 Å². The van der Waals surface area contributed by atoms with Gasteiger partial charge in [-0.25, -0.2) is 0 Å². The Labute approximate surface area is 127 Å². The van der Waals surface area contributed by atoms with E-state index in [9.17, 15) is 0 Å². The quantitative estimate of drug-likeness (QED) is 0.874. The molecule has 2 atom stereocenters. The van der Waals surface area contributed by atoms with E-state index in [-0.39, 0.29) is 0 Å². The van der Waals surface area contributed by atoms with Crippen LogP contribution in [0, 0.1) is 11.8 Å². The third kappa shape index (κ3) is 2.10. The van der Waals surface area contributed by atoms with Crippen LogP contribution < -0.4 is 5.32 Å². The van der Waals surface area contributed by atoms with E-state index in [1.54, 1.807) is 5.56 Å². The highest BCUT2D eigenvalue weighted by molar-refractivity contribution is 6.31. The first kappa shape index (κ1) is 13.2. The second-order valence-corrected chi connectivity index (χ2v) is 7.50. The maximum Gasteiger partial charge on any atom is 0.0440 e. The topological polar surface area (TPSA) is 12.0 Å². The zero-order chi connectivity index (χ0) is 13.6. The highest BCUT2D eigenvalue weighted by Crippen LogP contribution is 2.64. The normalized spacial score (nSPS) is 32.5. The molecule has 1 heterocycles. The molecule has 1 aliphatic heterocycles. The molecule has 0 radical (unpaired) electrons. The van der Waals surface area contributed by atoms with Crippen molar-refractivity contribution >= 4 is 11.6 Å². The molecule has 2 unspecified atom stereocenters. The minimum absolute atomic E-state index is 0.535. The standard InChI is InChI=1S/C18H24ClN/c19-17-3-1-2-16-15(17)6-9-18(16)12-14(18)5-4-13-7-10-20-11-8-13/h1-3,13-14,20H,4-12H2. The molecule has 1 saturated heterocycles. The molecule has 0 bridgehead atoms. The van der Waals surface area contributed by atoms with E-state index < -0.39 is 0 Å². The van der Waals surface area contributed by atoms with Crippen LogP contribution in [0.15, 0.2) is 18.2 Å². The smallest absolute Gasteiger partial charge is 0.0440 e. The second-order valence-electron chi connectivity index (χ2n) is 7.09. The molecule has 1 nitrogen and oxygen atoms in total. The number of nitrogens with one attached hydrogen (secondary N) is 1. The Balaban J connectivity index is 1.42. The number of fused-ring (bicyclic) bond motifs is 2. The van der Waals surface area contributed by atoms with Crippen molar-refractivity contribution in [3.05, 3.63) is 34.3 Å². The molecular weight excluding hydrogens is 266 g/mol. The number of hydrogen-bond donors (Lipinski definition) is 1. The Morgan fingerprint density at radius 3 is 2.90 bits per heavy atom. The summed E-state index contributed by atoms with van der Waals surface area (Å²) in [6.45, 7) is 2.47. The predicted molar refractivity (Wildman–Crippen MR) is 84.4 cm³/mol. The number of benzene rings is 1. The minimum Gasteiger partial charge on any atom is -0.317 e. The van der Waals surface area contributed by atoms with Crippen LogP contribution in [0.25, 0.3) is 0 Å². The number of piperidine rings is 1.